The lowest BCUT2D eigenvalue weighted by Gasteiger charge is -2.62. The van der Waals surface area contributed by atoms with Crippen molar-refractivity contribution < 1.29 is 30.3 Å². The Hall–Kier alpha value is -1.63. The molecule has 6 fully saturated rings. The van der Waals surface area contributed by atoms with Gasteiger partial charge < -0.3 is 25.5 Å². The Bertz CT molecular complexity index is 1350. The number of carboxylic acid groups (broad SMARTS) is 1. The third kappa shape index (κ3) is 5.67. The van der Waals surface area contributed by atoms with Crippen molar-refractivity contribution in [2.75, 3.05) is 0 Å². The van der Waals surface area contributed by atoms with Crippen molar-refractivity contribution in [1.29, 1.82) is 0 Å². The number of carboxylic acids is 1. The van der Waals surface area contributed by atoms with Crippen molar-refractivity contribution in [3.63, 3.8) is 0 Å². The van der Waals surface area contributed by atoms with Crippen LogP contribution in [-0.4, -0.2) is 49.8 Å². The second-order valence-electron chi connectivity index (χ2n) is 18.8. The van der Waals surface area contributed by atoms with Gasteiger partial charge in [0.2, 0.25) is 0 Å². The number of phenolic OH excluding ortho intramolecular Hbond substituents is 1. The molecule has 7 aliphatic carbocycles. The largest absolute Gasteiger partial charge is 0.508 e. The summed E-state index contributed by atoms with van der Waals surface area (Å²) in [5.41, 5.74) is 3.51. The van der Waals surface area contributed by atoms with Crippen LogP contribution in [-0.2, 0) is 11.2 Å². The van der Waals surface area contributed by atoms with E-state index in [4.69, 9.17) is 5.11 Å². The highest BCUT2D eigenvalue weighted by atomic mass is 16.4. The standard InChI is InChI=1S/C24H40O4.C18H24O2/c1-14(4-7-21(27)28)17-5-6-18-22-19(9-11-24(17,18)3)23(2)10-8-16(25)12-15(23)13-20(22)26;1-18-9-8-14-13-5-3-12(19)10-11(13)2-4-15(14)16(18)6-7-17(18)20/h14-20,22,25-26H,4-13H2,1-3H3,(H,27,28);3,5,10,14-17,19-20H,2,4,6-9H2,1H3/t14-,15+,16-,17-,18+,19+,20+,22+,23+,24-;14-,15-,16+,17+,18+/m11/s1. The lowest BCUT2D eigenvalue weighted by molar-refractivity contribution is -0.174. The number of benzene rings is 1. The second kappa shape index (κ2) is 12.9. The Morgan fingerprint density at radius 1 is 0.833 bits per heavy atom. The molecule has 15 atom stereocenters. The molecule has 6 heteroatoms. The zero-order valence-corrected chi connectivity index (χ0v) is 30.1. The number of rotatable bonds is 4. The summed E-state index contributed by atoms with van der Waals surface area (Å²) < 4.78 is 0. The van der Waals surface area contributed by atoms with Gasteiger partial charge in [-0.1, -0.05) is 33.8 Å². The molecule has 1 aromatic carbocycles. The van der Waals surface area contributed by atoms with E-state index in [0.29, 0.717) is 53.1 Å². The number of aromatic hydroxyl groups is 1. The quantitative estimate of drug-likeness (QED) is 0.222. The Kier molecular flexibility index (Phi) is 9.32. The monoisotopic (exact) mass is 664 g/mol. The molecule has 1 aromatic rings. The first-order valence-electron chi connectivity index (χ1n) is 19.8. The van der Waals surface area contributed by atoms with Crippen LogP contribution in [0.25, 0.3) is 0 Å². The van der Waals surface area contributed by atoms with Gasteiger partial charge >= 0.3 is 5.97 Å². The van der Waals surface area contributed by atoms with Crippen LogP contribution in [0.1, 0.15) is 141 Å². The van der Waals surface area contributed by atoms with E-state index in [9.17, 15) is 25.2 Å². The van der Waals surface area contributed by atoms with Crippen LogP contribution in [0.15, 0.2) is 18.2 Å². The summed E-state index contributed by atoms with van der Waals surface area (Å²) >= 11 is 0. The predicted octanol–water partition coefficient (Wildman–Crippen LogP) is 8.09. The highest BCUT2D eigenvalue weighted by Gasteiger charge is 2.63. The molecule has 0 saturated heterocycles. The first-order chi connectivity index (χ1) is 22.8. The molecule has 0 radical (unpaired) electrons. The maximum absolute atomic E-state index is 11.2. The summed E-state index contributed by atoms with van der Waals surface area (Å²) in [6, 6.07) is 5.96. The van der Waals surface area contributed by atoms with Gasteiger partial charge in [0.1, 0.15) is 5.75 Å². The van der Waals surface area contributed by atoms with Gasteiger partial charge in [0, 0.05) is 6.42 Å². The summed E-state index contributed by atoms with van der Waals surface area (Å²) in [4.78, 5) is 11.1. The van der Waals surface area contributed by atoms with Crippen LogP contribution < -0.4 is 0 Å². The lowest BCUT2D eigenvalue weighted by atomic mass is 9.43. The van der Waals surface area contributed by atoms with Crippen molar-refractivity contribution in [3.05, 3.63) is 29.3 Å². The minimum atomic E-state index is -0.684. The van der Waals surface area contributed by atoms with Crippen molar-refractivity contribution in [1.82, 2.24) is 0 Å². The molecule has 0 unspecified atom stereocenters. The Morgan fingerprint density at radius 2 is 1.54 bits per heavy atom. The lowest BCUT2D eigenvalue weighted by Crippen LogP contribution is -2.58. The van der Waals surface area contributed by atoms with Gasteiger partial charge in [0.25, 0.3) is 0 Å². The first-order valence-corrected chi connectivity index (χ1v) is 19.8. The van der Waals surface area contributed by atoms with E-state index in [1.807, 2.05) is 12.1 Å². The van der Waals surface area contributed by atoms with Gasteiger partial charge in [-0.25, -0.2) is 0 Å². The van der Waals surface area contributed by atoms with E-state index in [1.54, 1.807) is 0 Å². The average molecular weight is 665 g/mol. The van der Waals surface area contributed by atoms with Gasteiger partial charge in [-0.2, -0.15) is 0 Å². The average Bonchev–Trinajstić information content (AvgIpc) is 3.56. The molecule has 0 aliphatic heterocycles. The highest BCUT2D eigenvalue weighted by molar-refractivity contribution is 5.66. The number of aliphatic hydroxyl groups is 3. The second-order valence-corrected chi connectivity index (χ2v) is 18.8. The number of phenols is 1. The summed E-state index contributed by atoms with van der Waals surface area (Å²) in [6.45, 7) is 9.48. The van der Waals surface area contributed by atoms with Gasteiger partial charge in [-0.3, -0.25) is 4.79 Å². The van der Waals surface area contributed by atoms with E-state index in [-0.39, 0.29) is 41.0 Å². The molecule has 0 amide bonds. The zero-order valence-electron chi connectivity index (χ0n) is 30.1. The fourth-order valence-corrected chi connectivity index (χ4v) is 14.3. The zero-order chi connectivity index (χ0) is 34.2. The van der Waals surface area contributed by atoms with Gasteiger partial charge in [0.15, 0.2) is 0 Å². The van der Waals surface area contributed by atoms with E-state index >= 15 is 0 Å². The molecule has 0 bridgehead atoms. The maximum Gasteiger partial charge on any atom is 0.303 e. The smallest absolute Gasteiger partial charge is 0.303 e. The van der Waals surface area contributed by atoms with E-state index in [1.165, 1.54) is 56.1 Å². The normalized spacial score (nSPS) is 47.9. The molecule has 0 aromatic heterocycles. The first kappa shape index (κ1) is 34.8. The van der Waals surface area contributed by atoms with E-state index < -0.39 is 5.97 Å². The third-order valence-corrected chi connectivity index (χ3v) is 16.9. The number of fused-ring (bicyclic) bond motifs is 10. The fourth-order valence-electron chi connectivity index (χ4n) is 14.3. The third-order valence-electron chi connectivity index (χ3n) is 16.9. The molecule has 5 N–H and O–H groups in total. The molecule has 0 spiro atoms. The Balaban J connectivity index is 0.000000160. The SMILES string of the molecule is C[C@H](CCC(=O)O)[C@H]1CC[C@H]2[C@@H]3[C@@H](O)C[C@@H]4C[C@H](O)CC[C@]4(C)[C@H]3CC[C@]12C.C[C@]12CC[C@@H]3c4ccc(O)cc4CC[C@H]3[C@@H]1CC[C@@H]2O. The predicted molar refractivity (Wildman–Crippen MR) is 187 cm³/mol. The minimum absolute atomic E-state index is 0.0883. The summed E-state index contributed by atoms with van der Waals surface area (Å²) in [5.74, 6) is 4.85. The fraction of sp³-hybridized carbons (Fsp3) is 0.833. The van der Waals surface area contributed by atoms with Gasteiger partial charge in [0.05, 0.1) is 18.3 Å². The Labute approximate surface area is 289 Å². The van der Waals surface area contributed by atoms with Crippen molar-refractivity contribution >= 4 is 5.97 Å². The van der Waals surface area contributed by atoms with Crippen LogP contribution in [0, 0.1) is 63.6 Å². The molecule has 268 valence electrons. The number of aryl methyl sites for hydroxylation is 1. The van der Waals surface area contributed by atoms with Crippen molar-refractivity contribution in [2.24, 2.45) is 63.6 Å². The van der Waals surface area contributed by atoms with Crippen molar-refractivity contribution in [3.8, 4) is 5.75 Å². The summed E-state index contributed by atoms with van der Waals surface area (Å²) in [5, 5.41) is 50.6. The van der Waals surface area contributed by atoms with Crippen LogP contribution >= 0.6 is 0 Å². The van der Waals surface area contributed by atoms with Crippen LogP contribution in [0.3, 0.4) is 0 Å². The molecule has 7 aliphatic rings. The van der Waals surface area contributed by atoms with Crippen LogP contribution in [0.4, 0.5) is 0 Å². The van der Waals surface area contributed by atoms with Crippen molar-refractivity contribution in [2.45, 2.75) is 155 Å². The molecule has 48 heavy (non-hydrogen) atoms. The van der Waals surface area contributed by atoms with Gasteiger partial charge in [-0.05, 0) is 189 Å². The minimum Gasteiger partial charge on any atom is -0.508 e. The Morgan fingerprint density at radius 3 is 2.31 bits per heavy atom. The number of carbonyl (C=O) groups is 1. The molecule has 6 nitrogen and oxygen atoms in total. The molecule has 0 heterocycles. The molecular formula is C42H64O6. The van der Waals surface area contributed by atoms with Crippen LogP contribution in [0.5, 0.6) is 5.75 Å². The van der Waals surface area contributed by atoms with E-state index in [0.717, 1.165) is 57.3 Å². The van der Waals surface area contributed by atoms with E-state index in [2.05, 4.69) is 33.8 Å². The maximum atomic E-state index is 11.2. The molecular weight excluding hydrogens is 600 g/mol. The number of hydrogen-bond acceptors (Lipinski definition) is 5. The molecule has 6 saturated carbocycles. The number of hydrogen-bond donors (Lipinski definition) is 5. The number of aliphatic hydroxyl groups excluding tert-OH is 3. The highest BCUT2D eigenvalue weighted by Crippen LogP contribution is 2.68. The summed E-state index contributed by atoms with van der Waals surface area (Å²) in [6.07, 6.45) is 16.0. The molecule has 8 rings (SSSR count). The van der Waals surface area contributed by atoms with Gasteiger partial charge in [-0.15, -0.1) is 0 Å². The number of aliphatic carboxylic acids is 1. The summed E-state index contributed by atoms with van der Waals surface area (Å²) in [7, 11) is 0. The topological polar surface area (TPSA) is 118 Å². The van der Waals surface area contributed by atoms with Crippen LogP contribution in [0.2, 0.25) is 0 Å².